The van der Waals surface area contributed by atoms with Crippen molar-refractivity contribution in [3.8, 4) is 5.75 Å². The van der Waals surface area contributed by atoms with Gasteiger partial charge in [0.1, 0.15) is 11.3 Å². The molecule has 0 aliphatic carbocycles. The number of hydrogen-bond donors (Lipinski definition) is 1. The largest absolute Gasteiger partial charge is 0.477 e. The van der Waals surface area contributed by atoms with Crippen LogP contribution in [-0.2, 0) is 0 Å². The molecule has 1 aromatic rings. The van der Waals surface area contributed by atoms with E-state index < -0.39 is 16.6 Å². The van der Waals surface area contributed by atoms with Gasteiger partial charge in [0, 0.05) is 0 Å². The van der Waals surface area contributed by atoms with E-state index in [1.54, 1.807) is 23.0 Å². The van der Waals surface area contributed by atoms with Crippen molar-refractivity contribution in [1.82, 2.24) is 0 Å². The van der Waals surface area contributed by atoms with Gasteiger partial charge in [0.2, 0.25) is 0 Å². The van der Waals surface area contributed by atoms with E-state index in [4.69, 9.17) is 8.17 Å². The molecule has 0 aliphatic rings. The molecule has 0 saturated heterocycles. The van der Waals surface area contributed by atoms with Crippen molar-refractivity contribution >= 4 is 34.7 Å². The summed E-state index contributed by atoms with van der Waals surface area (Å²) in [5.41, 5.74) is -0.834. The Balaban J connectivity index is 3.31. The van der Waals surface area contributed by atoms with Gasteiger partial charge >= 0.3 is 5.97 Å². The number of aromatic carboxylic acids is 1. The van der Waals surface area contributed by atoms with Crippen LogP contribution >= 0.6 is 23.0 Å². The maximum Gasteiger partial charge on any atom is 0.342 e. The number of hydrogen-bond acceptors (Lipinski definition) is 4. The minimum absolute atomic E-state index is 0.238. The van der Waals surface area contributed by atoms with Gasteiger partial charge in [-0.05, 0) is 12.1 Å². The molecule has 0 fully saturated rings. The van der Waals surface area contributed by atoms with Crippen LogP contribution in [0, 0.1) is 10.1 Å². The number of carboxylic acids is 1. The zero-order valence-electron chi connectivity index (χ0n) is 6.64. The highest BCUT2D eigenvalue weighted by Crippen LogP contribution is 2.25. The van der Waals surface area contributed by atoms with Gasteiger partial charge in [-0.15, -0.1) is 0 Å². The second-order valence-electron chi connectivity index (χ2n) is 2.32. The van der Waals surface area contributed by atoms with Crippen molar-refractivity contribution in [2.45, 2.75) is 0 Å². The van der Waals surface area contributed by atoms with Gasteiger partial charge in [0.25, 0.3) is 5.69 Å². The number of rotatable bonds is 3. The van der Waals surface area contributed by atoms with Crippen molar-refractivity contribution in [2.24, 2.45) is 0 Å². The van der Waals surface area contributed by atoms with Crippen LogP contribution in [0.15, 0.2) is 18.2 Å². The maximum atomic E-state index is 10.6. The van der Waals surface area contributed by atoms with Crippen LogP contribution in [0.2, 0.25) is 0 Å². The van der Waals surface area contributed by atoms with Gasteiger partial charge in [-0.2, -0.15) is 0 Å². The van der Waals surface area contributed by atoms with Crippen molar-refractivity contribution < 1.29 is 17.9 Å². The molecule has 0 heterocycles. The zero-order valence-corrected chi connectivity index (χ0v) is 8.79. The predicted octanol–water partition coefficient (Wildman–Crippen LogP) is 2.02. The molecule has 0 unspecified atom stereocenters. The Bertz CT molecular complexity index is 392. The van der Waals surface area contributed by atoms with Crippen LogP contribution in [0.1, 0.15) is 10.4 Å². The normalized spacial score (nSPS) is 9.50. The average molecular weight is 309 g/mol. The SMILES string of the molecule is O=C(O)c1ccc(OI)cc1[N+](=O)[O-]. The fraction of sp³-hybridized carbons (Fsp3) is 0. The summed E-state index contributed by atoms with van der Waals surface area (Å²) in [5.74, 6) is -1.10. The van der Waals surface area contributed by atoms with Gasteiger partial charge in [0.15, 0.2) is 23.0 Å². The second kappa shape index (κ2) is 4.22. The molecule has 0 bridgehead atoms. The van der Waals surface area contributed by atoms with E-state index in [1.165, 1.54) is 6.07 Å². The molecular formula is C7H4INO5. The lowest BCUT2D eigenvalue weighted by atomic mass is 10.2. The molecule has 0 saturated carbocycles. The summed E-state index contributed by atoms with van der Waals surface area (Å²) in [5, 5.41) is 19.1. The number of nitrogens with zero attached hydrogens (tertiary/aromatic N) is 1. The molecule has 0 amide bonds. The lowest BCUT2D eigenvalue weighted by Crippen LogP contribution is -2.02. The minimum atomic E-state index is -1.34. The molecule has 0 radical (unpaired) electrons. The minimum Gasteiger partial charge on any atom is -0.477 e. The summed E-state index contributed by atoms with van der Waals surface area (Å²) in [6.45, 7) is 0. The number of nitro benzene ring substituents is 1. The molecule has 74 valence electrons. The van der Waals surface area contributed by atoms with Crippen LogP contribution in [0.3, 0.4) is 0 Å². The highest BCUT2D eigenvalue weighted by atomic mass is 127. The fourth-order valence-electron chi connectivity index (χ4n) is 0.891. The number of benzene rings is 1. The summed E-state index contributed by atoms with van der Waals surface area (Å²) < 4.78 is 4.71. The summed E-state index contributed by atoms with van der Waals surface area (Å²) in [6.07, 6.45) is 0. The Kier molecular flexibility index (Phi) is 3.23. The molecule has 6 nitrogen and oxygen atoms in total. The maximum absolute atomic E-state index is 10.6. The van der Waals surface area contributed by atoms with Crippen molar-refractivity contribution in [3.05, 3.63) is 33.9 Å². The Morgan fingerprint density at radius 2 is 2.21 bits per heavy atom. The monoisotopic (exact) mass is 309 g/mol. The van der Waals surface area contributed by atoms with E-state index in [1.807, 2.05) is 0 Å². The Morgan fingerprint density at radius 1 is 1.57 bits per heavy atom. The lowest BCUT2D eigenvalue weighted by Gasteiger charge is -1.99. The third-order valence-electron chi connectivity index (χ3n) is 1.49. The Morgan fingerprint density at radius 3 is 2.64 bits per heavy atom. The molecule has 14 heavy (non-hydrogen) atoms. The fourth-order valence-corrected chi connectivity index (χ4v) is 1.17. The number of halogens is 1. The van der Waals surface area contributed by atoms with Crippen LogP contribution in [0.5, 0.6) is 5.75 Å². The number of carbonyl (C=O) groups is 1. The molecule has 0 aliphatic heterocycles. The molecule has 0 atom stereocenters. The molecule has 0 aromatic heterocycles. The van der Waals surface area contributed by atoms with Gasteiger partial charge in [-0.3, -0.25) is 10.1 Å². The zero-order chi connectivity index (χ0) is 10.7. The van der Waals surface area contributed by atoms with Crippen molar-refractivity contribution in [1.29, 1.82) is 0 Å². The van der Waals surface area contributed by atoms with Crippen LogP contribution in [0.25, 0.3) is 0 Å². The van der Waals surface area contributed by atoms with E-state index in [-0.39, 0.29) is 11.3 Å². The smallest absolute Gasteiger partial charge is 0.342 e. The molecule has 1 rings (SSSR count). The third-order valence-corrected chi connectivity index (χ3v) is 1.99. The Labute approximate surface area is 92.3 Å². The van der Waals surface area contributed by atoms with Gasteiger partial charge < -0.3 is 8.17 Å². The topological polar surface area (TPSA) is 89.7 Å². The van der Waals surface area contributed by atoms with E-state index in [0.717, 1.165) is 12.1 Å². The highest BCUT2D eigenvalue weighted by molar-refractivity contribution is 14.1. The summed E-state index contributed by atoms with van der Waals surface area (Å²) in [4.78, 5) is 20.3. The number of nitro groups is 1. The van der Waals surface area contributed by atoms with E-state index >= 15 is 0 Å². The van der Waals surface area contributed by atoms with Crippen LogP contribution in [0.4, 0.5) is 5.69 Å². The number of carboxylic acid groups (broad SMARTS) is 1. The molecule has 1 aromatic carbocycles. The van der Waals surface area contributed by atoms with Gasteiger partial charge in [-0.1, -0.05) is 0 Å². The van der Waals surface area contributed by atoms with Crippen molar-refractivity contribution in [3.63, 3.8) is 0 Å². The molecule has 1 N–H and O–H groups in total. The third kappa shape index (κ3) is 2.10. The quantitative estimate of drug-likeness (QED) is 0.524. The first kappa shape index (κ1) is 10.7. The van der Waals surface area contributed by atoms with Crippen LogP contribution in [-0.4, -0.2) is 16.0 Å². The van der Waals surface area contributed by atoms with E-state index in [9.17, 15) is 14.9 Å². The highest BCUT2D eigenvalue weighted by Gasteiger charge is 2.20. The molecule has 7 heteroatoms. The van der Waals surface area contributed by atoms with Crippen molar-refractivity contribution in [2.75, 3.05) is 0 Å². The van der Waals surface area contributed by atoms with Gasteiger partial charge in [0.05, 0.1) is 11.0 Å². The van der Waals surface area contributed by atoms with E-state index in [2.05, 4.69) is 0 Å². The Hall–Kier alpha value is -1.38. The standard InChI is InChI=1S/C7H4INO5/c8-14-4-1-2-5(7(10)11)6(3-4)9(12)13/h1-3H,(H,10,11). The summed E-state index contributed by atoms with van der Waals surface area (Å²) >= 11 is 1.55. The van der Waals surface area contributed by atoms with Crippen LogP contribution < -0.4 is 3.07 Å². The first-order valence-electron chi connectivity index (χ1n) is 3.36. The average Bonchev–Trinajstić information content (AvgIpc) is 2.16. The second-order valence-corrected chi connectivity index (χ2v) is 2.76. The lowest BCUT2D eigenvalue weighted by molar-refractivity contribution is -0.385. The van der Waals surface area contributed by atoms with Gasteiger partial charge in [-0.25, -0.2) is 4.79 Å². The molecule has 0 spiro atoms. The first-order valence-corrected chi connectivity index (χ1v) is 4.24. The predicted molar refractivity (Wildman–Crippen MR) is 54.7 cm³/mol. The summed E-state index contributed by atoms with van der Waals surface area (Å²) in [7, 11) is 0. The first-order chi connectivity index (χ1) is 6.56. The summed E-state index contributed by atoms with van der Waals surface area (Å²) in [6, 6.07) is 3.55. The van der Waals surface area contributed by atoms with E-state index in [0.29, 0.717) is 0 Å². The molecular weight excluding hydrogens is 305 g/mol.